The quantitative estimate of drug-likeness (QED) is 0.150. The minimum Gasteiger partial charge on any atom is -0.459 e. The van der Waals surface area contributed by atoms with Crippen molar-refractivity contribution in [2.75, 3.05) is 0 Å². The minimum atomic E-state index is -7.36. The van der Waals surface area contributed by atoms with Crippen LogP contribution >= 0.6 is 9.06 Å². The number of rotatable bonds is 9. The van der Waals surface area contributed by atoms with Gasteiger partial charge in [0.25, 0.3) is 0 Å². The van der Waals surface area contributed by atoms with Gasteiger partial charge in [0.05, 0.1) is 0 Å². The van der Waals surface area contributed by atoms with Crippen LogP contribution in [0.4, 0.5) is 8.78 Å². The first kappa shape index (κ1) is 30.6. The third-order valence-electron chi connectivity index (χ3n) is 6.87. The predicted molar refractivity (Wildman–Crippen MR) is 153 cm³/mol. The van der Waals surface area contributed by atoms with Crippen molar-refractivity contribution in [3.05, 3.63) is 103 Å². The van der Waals surface area contributed by atoms with E-state index in [9.17, 15) is 22.9 Å². The summed E-state index contributed by atoms with van der Waals surface area (Å²) in [6.45, 7) is 5.02. The van der Waals surface area contributed by atoms with Gasteiger partial charge in [-0.05, 0) is 69.0 Å². The first-order chi connectivity index (χ1) is 19.3. The Hall–Kier alpha value is -3.38. The lowest BCUT2D eigenvalue weighted by molar-refractivity contribution is -0.171. The topological polar surface area (TPSA) is 110 Å². The number of benzene rings is 3. The second-order valence-corrected chi connectivity index (χ2v) is 17.7. The Morgan fingerprint density at radius 2 is 1.12 bits per heavy atom. The van der Waals surface area contributed by atoms with Gasteiger partial charge in [-0.25, -0.2) is 13.8 Å². The number of halogens is 2. The highest BCUT2D eigenvalue weighted by Gasteiger charge is 2.73. The Kier molecular flexibility index (Phi) is 8.56. The summed E-state index contributed by atoms with van der Waals surface area (Å²) in [5, 5.41) is -5.24. The van der Waals surface area contributed by atoms with Gasteiger partial charge in [0, 0.05) is 20.3 Å². The van der Waals surface area contributed by atoms with Gasteiger partial charge in [0.1, 0.15) is 12.2 Å². The third kappa shape index (κ3) is 5.34. The van der Waals surface area contributed by atoms with Crippen LogP contribution in [0.3, 0.4) is 0 Å². The Morgan fingerprint density at radius 1 is 0.780 bits per heavy atom. The molecular weight excluding hydrogens is 574 g/mol. The van der Waals surface area contributed by atoms with Crippen molar-refractivity contribution in [1.29, 1.82) is 0 Å². The molecule has 0 aromatic heterocycles. The standard InChI is InChI=1S/C30H32F2O7S2/c1-22(2)28(33)38-23-18-20-24(21-19-23)39-29(34)30(31,32)41(35,36,37)40(25-12-6-3-7-13-25,26-14-8-4-9-15-26)27-16-10-5-11-17-27/h3-17,23-24H,1,18-21H2,2H3,(H2,35,36,37). The zero-order valence-corrected chi connectivity index (χ0v) is 24.0. The second kappa shape index (κ2) is 11.5. The fourth-order valence-electron chi connectivity index (χ4n) is 4.80. The molecule has 0 amide bonds. The molecule has 1 aliphatic carbocycles. The highest BCUT2D eigenvalue weighted by molar-refractivity contribution is 8.98. The van der Waals surface area contributed by atoms with E-state index in [1.165, 1.54) is 79.7 Å². The summed E-state index contributed by atoms with van der Waals surface area (Å²) in [4.78, 5) is 24.8. The lowest BCUT2D eigenvalue weighted by Gasteiger charge is -2.55. The zero-order valence-electron chi connectivity index (χ0n) is 22.4. The van der Waals surface area contributed by atoms with Crippen molar-refractivity contribution in [1.82, 2.24) is 0 Å². The van der Waals surface area contributed by atoms with Gasteiger partial charge in [-0.3, -0.25) is 9.11 Å². The highest BCUT2D eigenvalue weighted by Crippen LogP contribution is 2.82. The molecule has 1 fully saturated rings. The van der Waals surface area contributed by atoms with Crippen LogP contribution < -0.4 is 0 Å². The van der Waals surface area contributed by atoms with Gasteiger partial charge >= 0.3 is 17.2 Å². The first-order valence-corrected chi connectivity index (χ1v) is 16.9. The number of hydrogen-bond acceptors (Lipinski definition) is 5. The summed E-state index contributed by atoms with van der Waals surface area (Å²) in [5.74, 6) is -2.89. The lowest BCUT2D eigenvalue weighted by atomic mass is 9.95. The smallest absolute Gasteiger partial charge is 0.445 e. The van der Waals surface area contributed by atoms with Crippen LogP contribution in [-0.2, 0) is 27.7 Å². The Labute approximate surface area is 238 Å². The van der Waals surface area contributed by atoms with Crippen molar-refractivity contribution in [3.8, 4) is 0 Å². The molecule has 1 saturated carbocycles. The van der Waals surface area contributed by atoms with E-state index < -0.39 is 47.1 Å². The molecule has 41 heavy (non-hydrogen) atoms. The summed E-state index contributed by atoms with van der Waals surface area (Å²) < 4.78 is 81.0. The maximum Gasteiger partial charge on any atom is 0.445 e. The first-order valence-electron chi connectivity index (χ1n) is 12.9. The molecule has 0 aliphatic heterocycles. The van der Waals surface area contributed by atoms with Crippen LogP contribution in [0, 0.1) is 0 Å². The van der Waals surface area contributed by atoms with Crippen LogP contribution in [0.15, 0.2) is 118 Å². The maximum atomic E-state index is 16.3. The van der Waals surface area contributed by atoms with Crippen LogP contribution in [0.1, 0.15) is 32.6 Å². The van der Waals surface area contributed by atoms with E-state index in [0.29, 0.717) is 0 Å². The zero-order chi connectivity index (χ0) is 29.9. The average molecular weight is 607 g/mol. The summed E-state index contributed by atoms with van der Waals surface area (Å²) in [7, 11) is -11.5. The molecule has 0 atom stereocenters. The van der Waals surface area contributed by atoms with Gasteiger partial charge in [0.15, 0.2) is 8.66 Å². The fourth-order valence-corrected chi connectivity index (χ4v) is 14.2. The molecule has 0 unspecified atom stereocenters. The number of carbonyl (C=O) groups is 2. The molecule has 0 heterocycles. The lowest BCUT2D eigenvalue weighted by Crippen LogP contribution is -2.58. The largest absolute Gasteiger partial charge is 0.459 e. The average Bonchev–Trinajstić information content (AvgIpc) is 2.95. The van der Waals surface area contributed by atoms with E-state index in [4.69, 9.17) is 9.47 Å². The van der Waals surface area contributed by atoms with Crippen molar-refractivity contribution >= 4 is 29.7 Å². The molecule has 7 nitrogen and oxygen atoms in total. The number of carbonyl (C=O) groups excluding carboxylic acids is 2. The Bertz CT molecular complexity index is 1370. The highest BCUT2D eigenvalue weighted by atomic mass is 33.2. The molecule has 0 saturated heterocycles. The molecule has 3 aromatic rings. The van der Waals surface area contributed by atoms with E-state index in [-0.39, 0.29) is 45.9 Å². The van der Waals surface area contributed by atoms with Crippen molar-refractivity contribution < 1.29 is 41.2 Å². The number of alkyl halides is 2. The summed E-state index contributed by atoms with van der Waals surface area (Å²) in [6.07, 6.45) is -0.930. The summed E-state index contributed by atoms with van der Waals surface area (Å²) in [5.41, 5.74) is 0.214. The molecule has 11 heteroatoms. The molecule has 0 bridgehead atoms. The number of esters is 2. The molecule has 4 rings (SSSR count). The maximum absolute atomic E-state index is 16.3. The number of hydrogen-bond donors (Lipinski definition) is 2. The van der Waals surface area contributed by atoms with Crippen molar-refractivity contribution in [3.63, 3.8) is 0 Å². The van der Waals surface area contributed by atoms with Crippen LogP contribution in [0.2, 0.25) is 0 Å². The van der Waals surface area contributed by atoms with E-state index in [2.05, 4.69) is 6.58 Å². The molecule has 2 N–H and O–H groups in total. The molecule has 1 aliphatic rings. The SMILES string of the molecule is C=C(C)C(=O)OC1CCC(OC(=O)C(F)(F)S(=O)(O)(O)S(c2ccccc2)(c2ccccc2)c2ccccc2)CC1. The number of ether oxygens (including phenoxy) is 2. The third-order valence-corrected chi connectivity index (χ3v) is 16.7. The van der Waals surface area contributed by atoms with Gasteiger partial charge in [-0.2, -0.15) is 8.78 Å². The molecule has 0 spiro atoms. The molecule has 220 valence electrons. The van der Waals surface area contributed by atoms with Crippen LogP contribution in [-0.4, -0.2) is 42.7 Å². The summed E-state index contributed by atoms with van der Waals surface area (Å²) >= 11 is 0. The molecule has 3 aromatic carbocycles. The summed E-state index contributed by atoms with van der Waals surface area (Å²) in [6, 6.07) is 22.1. The monoisotopic (exact) mass is 606 g/mol. The van der Waals surface area contributed by atoms with Crippen molar-refractivity contribution in [2.24, 2.45) is 0 Å². The van der Waals surface area contributed by atoms with Gasteiger partial charge in [-0.1, -0.05) is 70.2 Å². The minimum absolute atomic E-state index is 0.0493. The Balaban J connectivity index is 1.76. The van der Waals surface area contributed by atoms with Gasteiger partial charge in [-0.15, -0.1) is 0 Å². The van der Waals surface area contributed by atoms with Gasteiger partial charge in [0.2, 0.25) is 0 Å². The van der Waals surface area contributed by atoms with Crippen molar-refractivity contribution in [2.45, 2.75) is 64.8 Å². The van der Waals surface area contributed by atoms with E-state index in [0.717, 1.165) is 0 Å². The van der Waals surface area contributed by atoms with E-state index >= 15 is 8.78 Å². The molecule has 0 radical (unpaired) electrons. The predicted octanol–water partition coefficient (Wildman–Crippen LogP) is 7.22. The van der Waals surface area contributed by atoms with E-state index in [1.807, 2.05) is 0 Å². The molecular formula is C30H32F2O7S2. The second-order valence-electron chi connectivity index (χ2n) is 9.80. The van der Waals surface area contributed by atoms with Crippen LogP contribution in [0.5, 0.6) is 0 Å². The van der Waals surface area contributed by atoms with Crippen LogP contribution in [0.25, 0.3) is 0 Å². The normalized spacial score (nSPS) is 19.3. The van der Waals surface area contributed by atoms with Gasteiger partial charge < -0.3 is 9.47 Å². The van der Waals surface area contributed by atoms with E-state index in [1.54, 1.807) is 18.2 Å². The Morgan fingerprint density at radius 3 is 1.46 bits per heavy atom. The fraction of sp³-hybridized carbons (Fsp3) is 0.267.